The zero-order chi connectivity index (χ0) is 19.3. The molecule has 28 heavy (non-hydrogen) atoms. The Hall–Kier alpha value is -3.94. The number of nitrogens with one attached hydrogen (secondary N) is 3. The van der Waals surface area contributed by atoms with Crippen LogP contribution in [0, 0.1) is 0 Å². The van der Waals surface area contributed by atoms with E-state index in [1.165, 1.54) is 6.08 Å². The Morgan fingerprint density at radius 2 is 1.82 bits per heavy atom. The minimum atomic E-state index is -0.293. The van der Waals surface area contributed by atoms with Crippen molar-refractivity contribution in [2.75, 3.05) is 10.6 Å². The van der Waals surface area contributed by atoms with Crippen LogP contribution < -0.4 is 10.6 Å². The van der Waals surface area contributed by atoms with Crippen LogP contribution in [0.25, 0.3) is 6.08 Å². The van der Waals surface area contributed by atoms with Crippen LogP contribution in [0.15, 0.2) is 60.9 Å². The molecule has 1 aromatic carbocycles. The lowest BCUT2D eigenvalue weighted by Crippen LogP contribution is -2.30. The number of anilines is 2. The fraction of sp³-hybridized carbons (Fsp3) is 0.100. The zero-order valence-corrected chi connectivity index (χ0v) is 14.9. The summed E-state index contributed by atoms with van der Waals surface area (Å²) in [5.41, 5.74) is 3.24. The van der Waals surface area contributed by atoms with E-state index in [4.69, 9.17) is 0 Å². The lowest BCUT2D eigenvalue weighted by molar-refractivity contribution is -0.111. The van der Waals surface area contributed by atoms with E-state index in [0.717, 1.165) is 22.5 Å². The van der Waals surface area contributed by atoms with Gasteiger partial charge in [-0.1, -0.05) is 18.2 Å². The first kappa shape index (κ1) is 17.5. The van der Waals surface area contributed by atoms with E-state index < -0.39 is 0 Å². The van der Waals surface area contributed by atoms with Crippen molar-refractivity contribution in [3.05, 3.63) is 77.8 Å². The summed E-state index contributed by atoms with van der Waals surface area (Å²) in [6, 6.07) is 12.7. The molecule has 4 rings (SSSR count). The second kappa shape index (κ2) is 7.75. The summed E-state index contributed by atoms with van der Waals surface area (Å²) in [7, 11) is 0. The van der Waals surface area contributed by atoms with E-state index in [1.807, 2.05) is 30.3 Å². The van der Waals surface area contributed by atoms with Crippen molar-refractivity contribution in [1.82, 2.24) is 20.1 Å². The summed E-state index contributed by atoms with van der Waals surface area (Å²) in [6.07, 6.45) is 6.45. The molecule has 1 aliphatic rings. The van der Waals surface area contributed by atoms with Crippen molar-refractivity contribution in [2.24, 2.45) is 0 Å². The summed E-state index contributed by atoms with van der Waals surface area (Å²) >= 11 is 0. The van der Waals surface area contributed by atoms with Crippen molar-refractivity contribution in [3.8, 4) is 0 Å². The Morgan fingerprint density at radius 3 is 2.61 bits per heavy atom. The standard InChI is InChI=1S/C20H18N6O2/c27-18(7-6-14-8-10-21-11-9-14)23-19-16-12-26(13-17(16)24-25-19)20(28)22-15-4-2-1-3-5-15/h1-11H,12-13H2,(H,22,28)(H2,23,24,25,27). The average molecular weight is 374 g/mol. The van der Waals surface area contributed by atoms with Crippen molar-refractivity contribution >= 4 is 29.5 Å². The summed E-state index contributed by atoms with van der Waals surface area (Å²) in [5.74, 6) is 0.146. The molecule has 0 saturated carbocycles. The van der Waals surface area contributed by atoms with Gasteiger partial charge in [0.1, 0.15) is 0 Å². The van der Waals surface area contributed by atoms with Gasteiger partial charge in [0.2, 0.25) is 5.91 Å². The van der Waals surface area contributed by atoms with Crippen LogP contribution in [-0.2, 0) is 17.9 Å². The molecule has 0 atom stereocenters. The summed E-state index contributed by atoms with van der Waals surface area (Å²) in [5, 5.41) is 12.7. The van der Waals surface area contributed by atoms with E-state index in [9.17, 15) is 9.59 Å². The Kier molecular flexibility index (Phi) is 4.83. The van der Waals surface area contributed by atoms with E-state index in [0.29, 0.717) is 18.9 Å². The highest BCUT2D eigenvalue weighted by Crippen LogP contribution is 2.27. The smallest absolute Gasteiger partial charge is 0.314 e. The highest BCUT2D eigenvalue weighted by Gasteiger charge is 2.28. The van der Waals surface area contributed by atoms with E-state index >= 15 is 0 Å². The number of aromatic amines is 1. The van der Waals surface area contributed by atoms with Crippen LogP contribution in [0.5, 0.6) is 0 Å². The largest absolute Gasteiger partial charge is 0.322 e. The van der Waals surface area contributed by atoms with Gasteiger partial charge in [0.25, 0.3) is 0 Å². The number of H-pyrrole nitrogens is 1. The lowest BCUT2D eigenvalue weighted by Gasteiger charge is -2.16. The fourth-order valence-corrected chi connectivity index (χ4v) is 2.92. The quantitative estimate of drug-likeness (QED) is 0.611. The maximum atomic E-state index is 12.5. The number of fused-ring (bicyclic) bond motifs is 1. The first-order valence-electron chi connectivity index (χ1n) is 8.75. The molecule has 8 nitrogen and oxygen atoms in total. The Morgan fingerprint density at radius 1 is 1.04 bits per heavy atom. The number of amides is 3. The van der Waals surface area contributed by atoms with Gasteiger partial charge in [0.05, 0.1) is 18.8 Å². The van der Waals surface area contributed by atoms with Crippen molar-refractivity contribution in [3.63, 3.8) is 0 Å². The van der Waals surface area contributed by atoms with Gasteiger partial charge >= 0.3 is 6.03 Å². The molecular formula is C20H18N6O2. The molecule has 0 fully saturated rings. The number of hydrogen-bond acceptors (Lipinski definition) is 4. The molecule has 2 aromatic heterocycles. The van der Waals surface area contributed by atoms with Crippen LogP contribution in [0.3, 0.4) is 0 Å². The minimum Gasteiger partial charge on any atom is -0.314 e. The monoisotopic (exact) mass is 374 g/mol. The number of para-hydroxylation sites is 1. The molecule has 0 spiro atoms. The second-order valence-electron chi connectivity index (χ2n) is 6.28. The topological polar surface area (TPSA) is 103 Å². The van der Waals surface area contributed by atoms with Gasteiger partial charge < -0.3 is 15.5 Å². The molecule has 0 radical (unpaired) electrons. The van der Waals surface area contributed by atoms with Crippen LogP contribution in [0.2, 0.25) is 0 Å². The summed E-state index contributed by atoms with van der Waals surface area (Å²) < 4.78 is 0. The van der Waals surface area contributed by atoms with Gasteiger partial charge in [0.15, 0.2) is 5.82 Å². The maximum absolute atomic E-state index is 12.5. The van der Waals surface area contributed by atoms with Gasteiger partial charge in [-0.3, -0.25) is 14.9 Å². The normalized spacial score (nSPS) is 12.8. The fourth-order valence-electron chi connectivity index (χ4n) is 2.92. The third-order valence-electron chi connectivity index (χ3n) is 4.34. The van der Waals surface area contributed by atoms with Crippen LogP contribution in [0.1, 0.15) is 16.8 Å². The van der Waals surface area contributed by atoms with Crippen molar-refractivity contribution in [2.45, 2.75) is 13.1 Å². The first-order valence-corrected chi connectivity index (χ1v) is 8.75. The molecule has 3 N–H and O–H groups in total. The van der Waals surface area contributed by atoms with Crippen molar-refractivity contribution < 1.29 is 9.59 Å². The average Bonchev–Trinajstić information content (AvgIpc) is 3.30. The SMILES string of the molecule is O=C(C=Cc1ccncc1)Nc1n[nH]c2c1CN(C(=O)Nc1ccccc1)C2. The molecule has 0 saturated heterocycles. The molecule has 3 amide bonds. The molecule has 1 aliphatic heterocycles. The zero-order valence-electron chi connectivity index (χ0n) is 14.9. The number of rotatable bonds is 4. The molecule has 3 heterocycles. The second-order valence-corrected chi connectivity index (χ2v) is 6.28. The van der Waals surface area contributed by atoms with Gasteiger partial charge in [-0.05, 0) is 35.9 Å². The van der Waals surface area contributed by atoms with Crippen LogP contribution in [-0.4, -0.2) is 32.0 Å². The van der Waals surface area contributed by atoms with Gasteiger partial charge in [-0.25, -0.2) is 4.79 Å². The molecule has 3 aromatic rings. The molecule has 140 valence electrons. The third kappa shape index (κ3) is 3.90. The summed E-state index contributed by atoms with van der Waals surface area (Å²) in [6.45, 7) is 0.776. The van der Waals surface area contributed by atoms with Crippen LogP contribution in [0.4, 0.5) is 16.3 Å². The predicted octanol–water partition coefficient (Wildman–Crippen LogP) is 3.00. The minimum absolute atomic E-state index is 0.203. The summed E-state index contributed by atoms with van der Waals surface area (Å²) in [4.78, 5) is 30.2. The molecule has 0 aliphatic carbocycles. The van der Waals surface area contributed by atoms with Gasteiger partial charge in [-0.15, -0.1) is 0 Å². The van der Waals surface area contributed by atoms with Gasteiger partial charge in [-0.2, -0.15) is 5.10 Å². The maximum Gasteiger partial charge on any atom is 0.322 e. The number of urea groups is 1. The molecular weight excluding hydrogens is 356 g/mol. The number of pyridine rings is 1. The highest BCUT2D eigenvalue weighted by atomic mass is 16.2. The molecule has 0 unspecified atom stereocenters. The number of nitrogens with zero attached hydrogens (tertiary/aromatic N) is 3. The third-order valence-corrected chi connectivity index (χ3v) is 4.34. The van der Waals surface area contributed by atoms with E-state index in [-0.39, 0.29) is 11.9 Å². The molecule has 8 heteroatoms. The van der Waals surface area contributed by atoms with E-state index in [2.05, 4.69) is 25.8 Å². The number of benzene rings is 1. The number of carbonyl (C=O) groups is 2. The predicted molar refractivity (Wildman–Crippen MR) is 105 cm³/mol. The Bertz CT molecular complexity index is 1010. The lowest BCUT2D eigenvalue weighted by atomic mass is 10.2. The number of hydrogen-bond donors (Lipinski definition) is 3. The van der Waals surface area contributed by atoms with Crippen LogP contribution >= 0.6 is 0 Å². The molecule has 0 bridgehead atoms. The van der Waals surface area contributed by atoms with E-state index in [1.54, 1.807) is 35.5 Å². The highest BCUT2D eigenvalue weighted by molar-refractivity contribution is 6.02. The number of aromatic nitrogens is 3. The first-order chi connectivity index (χ1) is 13.7. The van der Waals surface area contributed by atoms with Crippen molar-refractivity contribution in [1.29, 1.82) is 0 Å². The van der Waals surface area contributed by atoms with Gasteiger partial charge in [0, 0.05) is 29.7 Å². The number of carbonyl (C=O) groups excluding carboxylic acids is 2. The Labute approximate surface area is 161 Å². The Balaban J connectivity index is 1.38.